The number of hydrogen-bond donors (Lipinski definition) is 1. The molecule has 0 aliphatic rings. The van der Waals surface area contributed by atoms with Crippen LogP contribution in [0, 0.1) is 0 Å². The van der Waals surface area contributed by atoms with Crippen molar-refractivity contribution in [3.05, 3.63) is 102 Å². The number of carbonyl (C=O) groups excluding carboxylic acids is 2. The number of hydrogen-bond acceptors (Lipinski definition) is 6. The minimum Gasteiger partial charge on any atom is -0.497 e. The first-order valence-corrected chi connectivity index (χ1v) is 11.0. The first kappa shape index (κ1) is 23.5. The normalized spacial score (nSPS) is 11.7. The summed E-state index contributed by atoms with van der Waals surface area (Å²) in [7, 11) is 1.56. The number of benzene rings is 4. The summed E-state index contributed by atoms with van der Waals surface area (Å²) in [6.45, 7) is 1.67. The number of methoxy groups -OCH3 is 1. The number of amides is 1. The van der Waals surface area contributed by atoms with Gasteiger partial charge in [0.15, 0.2) is 6.10 Å². The number of nitrogens with one attached hydrogen (secondary N) is 1. The van der Waals surface area contributed by atoms with E-state index < -0.39 is 12.1 Å². The Kier molecular flexibility index (Phi) is 7.37. The summed E-state index contributed by atoms with van der Waals surface area (Å²) in [5.41, 5.74) is 3.62. The molecule has 0 fully saturated rings. The molecule has 7 heteroatoms. The lowest BCUT2D eigenvalue weighted by molar-refractivity contribution is -0.127. The predicted octanol–water partition coefficient (Wildman–Crippen LogP) is 4.99. The molecule has 4 aromatic rings. The van der Waals surface area contributed by atoms with Gasteiger partial charge in [-0.3, -0.25) is 4.79 Å². The van der Waals surface area contributed by atoms with Crippen molar-refractivity contribution in [2.75, 3.05) is 7.11 Å². The zero-order chi connectivity index (χ0) is 24.6. The molecule has 0 bridgehead atoms. The van der Waals surface area contributed by atoms with Crippen molar-refractivity contribution in [2.24, 2.45) is 5.10 Å². The fourth-order valence-corrected chi connectivity index (χ4v) is 3.32. The van der Waals surface area contributed by atoms with Gasteiger partial charge in [0.25, 0.3) is 5.91 Å². The van der Waals surface area contributed by atoms with Crippen LogP contribution in [-0.4, -0.2) is 31.3 Å². The van der Waals surface area contributed by atoms with Crippen LogP contribution in [0.4, 0.5) is 0 Å². The van der Waals surface area contributed by atoms with Gasteiger partial charge >= 0.3 is 5.97 Å². The third-order valence-corrected chi connectivity index (χ3v) is 5.23. The second kappa shape index (κ2) is 11.0. The molecule has 0 radical (unpaired) electrons. The van der Waals surface area contributed by atoms with Crippen molar-refractivity contribution in [2.45, 2.75) is 13.0 Å². The molecular formula is C28H24N2O5. The van der Waals surface area contributed by atoms with Gasteiger partial charge in [-0.1, -0.05) is 36.4 Å². The van der Waals surface area contributed by atoms with Gasteiger partial charge in [-0.2, -0.15) is 5.10 Å². The second-order valence-corrected chi connectivity index (χ2v) is 7.66. The Hall–Kier alpha value is -4.65. The number of esters is 1. The van der Waals surface area contributed by atoms with E-state index in [4.69, 9.17) is 14.2 Å². The number of ether oxygens (including phenoxy) is 3. The number of carbonyl (C=O) groups is 2. The van der Waals surface area contributed by atoms with Gasteiger partial charge in [-0.25, -0.2) is 10.2 Å². The minimum atomic E-state index is -0.738. The molecule has 1 amide bonds. The highest BCUT2D eigenvalue weighted by atomic mass is 16.5. The van der Waals surface area contributed by atoms with Crippen molar-refractivity contribution < 1.29 is 23.8 Å². The Balaban J connectivity index is 1.30. The van der Waals surface area contributed by atoms with Crippen molar-refractivity contribution in [1.29, 1.82) is 0 Å². The van der Waals surface area contributed by atoms with Gasteiger partial charge in [-0.15, -0.1) is 0 Å². The van der Waals surface area contributed by atoms with Crippen LogP contribution in [0.5, 0.6) is 17.2 Å². The molecular weight excluding hydrogens is 444 g/mol. The first-order chi connectivity index (χ1) is 17.0. The lowest BCUT2D eigenvalue weighted by Gasteiger charge is -2.14. The van der Waals surface area contributed by atoms with Crippen LogP contribution in [0.15, 0.2) is 96.1 Å². The Bertz CT molecular complexity index is 1340. The topological polar surface area (TPSA) is 86.2 Å². The van der Waals surface area contributed by atoms with Crippen LogP contribution < -0.4 is 19.6 Å². The van der Waals surface area contributed by atoms with Gasteiger partial charge in [-0.05, 0) is 72.5 Å². The molecule has 0 aliphatic heterocycles. The zero-order valence-electron chi connectivity index (χ0n) is 19.3. The van der Waals surface area contributed by atoms with Gasteiger partial charge < -0.3 is 14.2 Å². The molecule has 1 atom stereocenters. The van der Waals surface area contributed by atoms with Crippen molar-refractivity contribution in [3.63, 3.8) is 0 Å². The van der Waals surface area contributed by atoms with E-state index in [9.17, 15) is 9.59 Å². The van der Waals surface area contributed by atoms with Crippen LogP contribution in [0.1, 0.15) is 22.8 Å². The Labute approximate surface area is 202 Å². The summed E-state index contributed by atoms with van der Waals surface area (Å²) in [6.07, 6.45) is 0.759. The van der Waals surface area contributed by atoms with E-state index in [2.05, 4.69) is 10.5 Å². The fourth-order valence-electron chi connectivity index (χ4n) is 3.32. The maximum Gasteiger partial charge on any atom is 0.343 e. The molecule has 1 unspecified atom stereocenters. The lowest BCUT2D eigenvalue weighted by Crippen LogP contribution is -2.33. The third-order valence-electron chi connectivity index (χ3n) is 5.23. The zero-order valence-corrected chi connectivity index (χ0v) is 19.3. The third kappa shape index (κ3) is 6.03. The Morgan fingerprint density at radius 3 is 2.29 bits per heavy atom. The van der Waals surface area contributed by atoms with Crippen LogP contribution >= 0.6 is 0 Å². The van der Waals surface area contributed by atoms with Crippen LogP contribution in [0.2, 0.25) is 0 Å². The molecule has 0 spiro atoms. The summed E-state index contributed by atoms with van der Waals surface area (Å²) in [5.74, 6) is 0.839. The van der Waals surface area contributed by atoms with E-state index in [0.717, 1.165) is 16.3 Å². The van der Waals surface area contributed by atoms with Crippen molar-refractivity contribution in [3.8, 4) is 17.2 Å². The smallest absolute Gasteiger partial charge is 0.343 e. The van der Waals surface area contributed by atoms with Gasteiger partial charge in [0.1, 0.15) is 17.2 Å². The molecule has 4 aromatic carbocycles. The average molecular weight is 469 g/mol. The molecule has 0 aliphatic carbocycles. The molecule has 1 N–H and O–H groups in total. The highest BCUT2D eigenvalue weighted by Gasteiger charge is 2.15. The maximum absolute atomic E-state index is 12.4. The summed E-state index contributed by atoms with van der Waals surface area (Å²) < 4.78 is 16.3. The quantitative estimate of drug-likeness (QED) is 0.171. The molecule has 0 saturated carbocycles. The van der Waals surface area contributed by atoms with Crippen LogP contribution in [-0.2, 0) is 4.79 Å². The largest absolute Gasteiger partial charge is 0.497 e. The van der Waals surface area contributed by atoms with E-state index in [1.165, 1.54) is 6.21 Å². The Morgan fingerprint density at radius 2 is 1.54 bits per heavy atom. The summed E-state index contributed by atoms with van der Waals surface area (Å²) in [6, 6.07) is 26.9. The van der Waals surface area contributed by atoms with Crippen molar-refractivity contribution >= 4 is 28.9 Å². The van der Waals surface area contributed by atoms with E-state index in [-0.39, 0.29) is 5.91 Å². The van der Waals surface area contributed by atoms with Gasteiger partial charge in [0.05, 0.1) is 18.9 Å². The average Bonchev–Trinajstić information content (AvgIpc) is 2.90. The number of rotatable bonds is 8. The molecule has 0 heterocycles. The number of hydrazone groups is 1. The lowest BCUT2D eigenvalue weighted by atomic mass is 10.1. The fraction of sp³-hybridized carbons (Fsp3) is 0.107. The van der Waals surface area contributed by atoms with E-state index in [1.807, 2.05) is 42.5 Å². The molecule has 7 nitrogen and oxygen atoms in total. The molecule has 0 aromatic heterocycles. The SMILES string of the molecule is COc1ccc(C(=O)Oc2ccc(C=NNC(=O)C(C)Oc3cccc4ccccc34)cc2)cc1. The highest BCUT2D eigenvalue weighted by Crippen LogP contribution is 2.26. The van der Waals surface area contributed by atoms with Gasteiger partial charge in [0.2, 0.25) is 0 Å². The van der Waals surface area contributed by atoms with Crippen molar-refractivity contribution in [1.82, 2.24) is 5.43 Å². The predicted molar refractivity (Wildman–Crippen MR) is 134 cm³/mol. The second-order valence-electron chi connectivity index (χ2n) is 7.66. The maximum atomic E-state index is 12.4. The summed E-state index contributed by atoms with van der Waals surface area (Å²) in [5, 5.41) is 5.97. The van der Waals surface area contributed by atoms with Gasteiger partial charge in [0, 0.05) is 5.39 Å². The monoisotopic (exact) mass is 468 g/mol. The van der Waals surface area contributed by atoms with E-state index in [0.29, 0.717) is 22.8 Å². The highest BCUT2D eigenvalue weighted by molar-refractivity contribution is 5.91. The molecule has 176 valence electrons. The van der Waals surface area contributed by atoms with E-state index in [1.54, 1.807) is 62.6 Å². The van der Waals surface area contributed by atoms with E-state index >= 15 is 0 Å². The van der Waals surface area contributed by atoms with Crippen LogP contribution in [0.25, 0.3) is 10.8 Å². The first-order valence-electron chi connectivity index (χ1n) is 11.0. The Morgan fingerprint density at radius 1 is 0.857 bits per heavy atom. The molecule has 0 saturated heterocycles. The summed E-state index contributed by atoms with van der Waals surface area (Å²) >= 11 is 0. The standard InChI is InChI=1S/C28H24N2O5/c1-19(34-26-9-5-7-21-6-3-4-8-25(21)26)27(31)30-29-18-20-10-14-24(15-11-20)35-28(32)22-12-16-23(33-2)17-13-22/h3-19H,1-2H3,(H,30,31). The number of nitrogens with zero attached hydrogens (tertiary/aromatic N) is 1. The molecule has 4 rings (SSSR count). The number of fused-ring (bicyclic) bond motifs is 1. The summed E-state index contributed by atoms with van der Waals surface area (Å²) in [4.78, 5) is 24.7. The van der Waals surface area contributed by atoms with Crippen LogP contribution in [0.3, 0.4) is 0 Å². The minimum absolute atomic E-state index is 0.376. The molecule has 35 heavy (non-hydrogen) atoms.